The quantitative estimate of drug-likeness (QED) is 0.738. The zero-order chi connectivity index (χ0) is 17.4. The summed E-state index contributed by atoms with van der Waals surface area (Å²) in [5, 5.41) is 0.974. The van der Waals surface area contributed by atoms with Crippen LogP contribution in [0.25, 0.3) is 10.9 Å². The first-order chi connectivity index (χ1) is 12.2. The van der Waals surface area contributed by atoms with E-state index in [0.717, 1.165) is 29.0 Å². The second kappa shape index (κ2) is 6.29. The molecule has 0 saturated heterocycles. The fraction of sp³-hybridized carbons (Fsp3) is 0.316. The maximum atomic E-state index is 13.0. The van der Waals surface area contributed by atoms with Crippen LogP contribution in [-0.4, -0.2) is 39.0 Å². The van der Waals surface area contributed by atoms with Crippen molar-refractivity contribution in [2.75, 3.05) is 13.7 Å². The van der Waals surface area contributed by atoms with Crippen LogP contribution in [0.1, 0.15) is 34.8 Å². The van der Waals surface area contributed by atoms with E-state index in [1.54, 1.807) is 13.3 Å². The molecule has 1 aliphatic rings. The molecule has 0 fully saturated rings. The molecule has 0 radical (unpaired) electrons. The lowest BCUT2D eigenvalue weighted by Crippen LogP contribution is -2.41. The van der Waals surface area contributed by atoms with E-state index in [1.165, 1.54) is 0 Å². The van der Waals surface area contributed by atoms with Gasteiger partial charge < -0.3 is 14.2 Å². The van der Waals surface area contributed by atoms with E-state index in [4.69, 9.17) is 4.74 Å². The van der Waals surface area contributed by atoms with E-state index >= 15 is 0 Å². The second-order valence-electron chi connectivity index (χ2n) is 6.28. The molecule has 2 aromatic heterocycles. The summed E-state index contributed by atoms with van der Waals surface area (Å²) < 4.78 is 7.37. The van der Waals surface area contributed by atoms with Gasteiger partial charge in [0.15, 0.2) is 0 Å². The van der Waals surface area contributed by atoms with Crippen molar-refractivity contribution in [2.24, 2.45) is 0 Å². The number of nitrogens with zero attached hydrogens (tertiary/aromatic N) is 4. The average molecular weight is 336 g/mol. The Labute approximate surface area is 146 Å². The lowest BCUT2D eigenvalue weighted by atomic mass is 10.1. The van der Waals surface area contributed by atoms with Crippen LogP contribution in [-0.2, 0) is 17.9 Å². The predicted molar refractivity (Wildman–Crippen MR) is 94.1 cm³/mol. The fourth-order valence-corrected chi connectivity index (χ4v) is 3.45. The Kier molecular flexibility index (Phi) is 3.97. The Morgan fingerprint density at radius 3 is 2.92 bits per heavy atom. The van der Waals surface area contributed by atoms with E-state index in [-0.39, 0.29) is 11.9 Å². The SMILES string of the molecule is COCc1cnc2n1CCN(C(=O)c1cnc3ccccc3c1)C2C. The van der Waals surface area contributed by atoms with Gasteiger partial charge in [0.05, 0.1) is 35.6 Å². The van der Waals surface area contributed by atoms with Crippen molar-refractivity contribution < 1.29 is 9.53 Å². The van der Waals surface area contributed by atoms with Crippen LogP contribution in [0.3, 0.4) is 0 Å². The van der Waals surface area contributed by atoms with Crippen molar-refractivity contribution >= 4 is 16.8 Å². The molecule has 4 rings (SSSR count). The summed E-state index contributed by atoms with van der Waals surface area (Å²) >= 11 is 0. The number of amides is 1. The number of hydrogen-bond acceptors (Lipinski definition) is 4. The topological polar surface area (TPSA) is 60.2 Å². The molecule has 0 N–H and O–H groups in total. The summed E-state index contributed by atoms with van der Waals surface area (Å²) in [7, 11) is 1.68. The first-order valence-corrected chi connectivity index (χ1v) is 8.38. The molecule has 3 aromatic rings. The highest BCUT2D eigenvalue weighted by atomic mass is 16.5. The number of rotatable bonds is 3. The smallest absolute Gasteiger partial charge is 0.256 e. The number of para-hydroxylation sites is 1. The highest BCUT2D eigenvalue weighted by Crippen LogP contribution is 2.27. The molecule has 1 aliphatic heterocycles. The van der Waals surface area contributed by atoms with E-state index < -0.39 is 0 Å². The summed E-state index contributed by atoms with van der Waals surface area (Å²) in [5.74, 6) is 0.897. The number of imidazole rings is 1. The number of pyridine rings is 1. The molecule has 6 heteroatoms. The zero-order valence-electron chi connectivity index (χ0n) is 14.3. The number of ether oxygens (including phenoxy) is 1. The second-order valence-corrected chi connectivity index (χ2v) is 6.28. The van der Waals surface area contributed by atoms with E-state index in [0.29, 0.717) is 18.7 Å². The molecular weight excluding hydrogens is 316 g/mol. The van der Waals surface area contributed by atoms with Crippen molar-refractivity contribution in [1.82, 2.24) is 19.4 Å². The van der Waals surface area contributed by atoms with Crippen molar-refractivity contribution in [3.8, 4) is 0 Å². The number of carbonyl (C=O) groups excluding carboxylic acids is 1. The summed E-state index contributed by atoms with van der Waals surface area (Å²) in [4.78, 5) is 23.8. The van der Waals surface area contributed by atoms with E-state index in [1.807, 2.05) is 48.4 Å². The molecule has 0 bridgehead atoms. The minimum Gasteiger partial charge on any atom is -0.378 e. The standard InChI is InChI=1S/C19H20N4O2/c1-13-18-21-11-16(12-25-2)23(18)8-7-22(13)19(24)15-9-14-5-3-4-6-17(14)20-10-15/h3-6,9-11,13H,7-8,12H2,1-2H3. The third-order valence-electron chi connectivity index (χ3n) is 4.77. The molecule has 1 amide bonds. The number of benzene rings is 1. The zero-order valence-corrected chi connectivity index (χ0v) is 14.3. The normalized spacial score (nSPS) is 16.9. The number of hydrogen-bond donors (Lipinski definition) is 0. The van der Waals surface area contributed by atoms with Crippen LogP contribution in [0, 0.1) is 0 Å². The lowest BCUT2D eigenvalue weighted by molar-refractivity contribution is 0.0632. The minimum atomic E-state index is -0.0849. The van der Waals surface area contributed by atoms with Crippen LogP contribution in [0.15, 0.2) is 42.7 Å². The van der Waals surface area contributed by atoms with Crippen LogP contribution in [0.4, 0.5) is 0 Å². The van der Waals surface area contributed by atoms with Gasteiger partial charge in [-0.3, -0.25) is 9.78 Å². The number of carbonyl (C=O) groups is 1. The van der Waals surface area contributed by atoms with Gasteiger partial charge >= 0.3 is 0 Å². The summed E-state index contributed by atoms with van der Waals surface area (Å²) in [6.45, 7) is 3.92. The molecular formula is C19H20N4O2. The molecule has 25 heavy (non-hydrogen) atoms. The number of methoxy groups -OCH3 is 1. The van der Waals surface area contributed by atoms with Gasteiger partial charge in [0.2, 0.25) is 0 Å². The molecule has 0 spiro atoms. The Morgan fingerprint density at radius 2 is 2.08 bits per heavy atom. The summed E-state index contributed by atoms with van der Waals surface area (Å²) in [5.41, 5.74) is 2.55. The third kappa shape index (κ3) is 2.68. The van der Waals surface area contributed by atoms with Crippen LogP contribution in [0.2, 0.25) is 0 Å². The van der Waals surface area contributed by atoms with Crippen LogP contribution < -0.4 is 0 Å². The highest BCUT2D eigenvalue weighted by Gasteiger charge is 2.31. The molecule has 1 aromatic carbocycles. The highest BCUT2D eigenvalue weighted by molar-refractivity contribution is 5.97. The van der Waals surface area contributed by atoms with Gasteiger partial charge in [-0.15, -0.1) is 0 Å². The van der Waals surface area contributed by atoms with E-state index in [9.17, 15) is 4.79 Å². The van der Waals surface area contributed by atoms with Crippen LogP contribution >= 0.6 is 0 Å². The predicted octanol–water partition coefficient (Wildman–Crippen LogP) is 2.79. The molecule has 0 aliphatic carbocycles. The maximum absolute atomic E-state index is 13.0. The first-order valence-electron chi connectivity index (χ1n) is 8.38. The first kappa shape index (κ1) is 15.8. The Hall–Kier alpha value is -2.73. The average Bonchev–Trinajstić information content (AvgIpc) is 3.05. The van der Waals surface area contributed by atoms with Gasteiger partial charge in [0, 0.05) is 31.8 Å². The molecule has 6 nitrogen and oxygen atoms in total. The number of fused-ring (bicyclic) bond motifs is 2. The molecule has 0 saturated carbocycles. The Balaban J connectivity index is 1.63. The van der Waals surface area contributed by atoms with Gasteiger partial charge in [-0.2, -0.15) is 0 Å². The van der Waals surface area contributed by atoms with Crippen LogP contribution in [0.5, 0.6) is 0 Å². The van der Waals surface area contributed by atoms with Crippen molar-refractivity contribution in [3.63, 3.8) is 0 Å². The van der Waals surface area contributed by atoms with Crippen molar-refractivity contribution in [2.45, 2.75) is 26.1 Å². The Morgan fingerprint density at radius 1 is 1.24 bits per heavy atom. The van der Waals surface area contributed by atoms with Crippen molar-refractivity contribution in [3.05, 3.63) is 59.8 Å². The third-order valence-corrected chi connectivity index (χ3v) is 4.77. The number of aromatic nitrogens is 3. The molecule has 128 valence electrons. The maximum Gasteiger partial charge on any atom is 0.256 e. The Bertz CT molecular complexity index is 934. The minimum absolute atomic E-state index is 0.00621. The van der Waals surface area contributed by atoms with Gasteiger partial charge in [-0.05, 0) is 19.1 Å². The van der Waals surface area contributed by atoms with Crippen molar-refractivity contribution in [1.29, 1.82) is 0 Å². The lowest BCUT2D eigenvalue weighted by Gasteiger charge is -2.34. The monoisotopic (exact) mass is 336 g/mol. The molecule has 3 heterocycles. The molecule has 1 unspecified atom stereocenters. The largest absolute Gasteiger partial charge is 0.378 e. The van der Waals surface area contributed by atoms with E-state index in [2.05, 4.69) is 14.5 Å². The summed E-state index contributed by atoms with van der Waals surface area (Å²) in [6, 6.07) is 9.65. The fourth-order valence-electron chi connectivity index (χ4n) is 3.45. The van der Waals surface area contributed by atoms with Gasteiger partial charge in [-0.25, -0.2) is 4.98 Å². The molecule has 1 atom stereocenters. The van der Waals surface area contributed by atoms with Gasteiger partial charge in [0.1, 0.15) is 5.82 Å². The van der Waals surface area contributed by atoms with Gasteiger partial charge in [-0.1, -0.05) is 18.2 Å². The summed E-state index contributed by atoms with van der Waals surface area (Å²) in [6.07, 6.45) is 3.50. The van der Waals surface area contributed by atoms with Gasteiger partial charge in [0.25, 0.3) is 5.91 Å².